The molecule has 0 amide bonds. The second kappa shape index (κ2) is 21.4. The Bertz CT molecular complexity index is 952. The van der Waals surface area contributed by atoms with Crippen molar-refractivity contribution in [3.05, 3.63) is 72.9 Å². The van der Waals surface area contributed by atoms with E-state index in [2.05, 4.69) is 0 Å². The Morgan fingerprint density at radius 3 is 1.53 bits per heavy atom. The molecule has 0 aromatic rings. The number of aliphatic hydroxyl groups is 7. The first-order chi connectivity index (χ1) is 20.3. The van der Waals surface area contributed by atoms with Gasteiger partial charge in [0.2, 0.25) is 0 Å². The van der Waals surface area contributed by atoms with Crippen molar-refractivity contribution < 1.29 is 45.3 Å². The molecule has 43 heavy (non-hydrogen) atoms. The third kappa shape index (κ3) is 18.1. The van der Waals surface area contributed by atoms with Gasteiger partial charge in [0.25, 0.3) is 0 Å². The maximum Gasteiger partial charge on any atom is 0.331 e. The number of esters is 1. The van der Waals surface area contributed by atoms with Crippen LogP contribution < -0.4 is 0 Å². The van der Waals surface area contributed by atoms with E-state index in [1.54, 1.807) is 48.6 Å². The summed E-state index contributed by atoms with van der Waals surface area (Å²) in [7, 11) is 0. The van der Waals surface area contributed by atoms with Gasteiger partial charge in [0.15, 0.2) is 0 Å². The lowest BCUT2D eigenvalue weighted by molar-refractivity contribution is -0.147. The van der Waals surface area contributed by atoms with Gasteiger partial charge in [-0.25, -0.2) is 4.79 Å². The van der Waals surface area contributed by atoms with Crippen LogP contribution in [-0.4, -0.2) is 90.5 Å². The zero-order valence-corrected chi connectivity index (χ0v) is 26.0. The first-order valence-electron chi connectivity index (χ1n) is 15.3. The highest BCUT2D eigenvalue weighted by molar-refractivity contribution is 5.82. The van der Waals surface area contributed by atoms with E-state index in [0.29, 0.717) is 0 Å². The van der Waals surface area contributed by atoms with Gasteiger partial charge in [-0.2, -0.15) is 0 Å². The number of carbonyl (C=O) groups is 1. The molecule has 1 heterocycles. The summed E-state index contributed by atoms with van der Waals surface area (Å²) in [6.07, 6.45) is 12.8. The summed E-state index contributed by atoms with van der Waals surface area (Å²) < 4.78 is 5.65. The van der Waals surface area contributed by atoms with Gasteiger partial charge in [0.05, 0.1) is 42.7 Å². The van der Waals surface area contributed by atoms with Gasteiger partial charge < -0.3 is 40.5 Å². The van der Waals surface area contributed by atoms with Crippen LogP contribution in [-0.2, 0) is 9.53 Å². The van der Waals surface area contributed by atoms with Crippen LogP contribution in [0.3, 0.4) is 0 Å². The fourth-order valence-electron chi connectivity index (χ4n) is 4.91. The summed E-state index contributed by atoms with van der Waals surface area (Å²) in [5.41, 5.74) is 0. The van der Waals surface area contributed by atoms with Gasteiger partial charge in [-0.15, -0.1) is 0 Å². The highest BCUT2D eigenvalue weighted by Crippen LogP contribution is 2.21. The molecule has 0 saturated carbocycles. The number of cyclic esters (lactones) is 1. The maximum atomic E-state index is 12.4. The van der Waals surface area contributed by atoms with Gasteiger partial charge in [0.1, 0.15) is 6.10 Å². The van der Waals surface area contributed by atoms with E-state index in [1.807, 2.05) is 39.8 Å². The van der Waals surface area contributed by atoms with Crippen LogP contribution in [0, 0.1) is 17.8 Å². The van der Waals surface area contributed by atoms with Gasteiger partial charge >= 0.3 is 5.97 Å². The Labute approximate surface area is 256 Å². The molecule has 0 spiro atoms. The van der Waals surface area contributed by atoms with Gasteiger partial charge in [-0.3, -0.25) is 0 Å². The molecule has 1 aliphatic heterocycles. The molecule has 9 heteroatoms. The summed E-state index contributed by atoms with van der Waals surface area (Å²) in [6, 6.07) is 0. The van der Waals surface area contributed by atoms with Crippen molar-refractivity contribution in [1.29, 1.82) is 0 Å². The maximum absolute atomic E-state index is 12.4. The smallest absolute Gasteiger partial charge is 0.331 e. The van der Waals surface area contributed by atoms with Gasteiger partial charge in [-0.1, -0.05) is 94.5 Å². The molecule has 10 atom stereocenters. The molecule has 9 nitrogen and oxygen atoms in total. The largest absolute Gasteiger partial charge is 0.458 e. The molecule has 7 N–H and O–H groups in total. The number of rotatable bonds is 1. The minimum Gasteiger partial charge on any atom is -0.458 e. The van der Waals surface area contributed by atoms with Crippen LogP contribution in [0.2, 0.25) is 0 Å². The molecule has 244 valence electrons. The van der Waals surface area contributed by atoms with E-state index in [-0.39, 0.29) is 56.3 Å². The summed E-state index contributed by atoms with van der Waals surface area (Å²) in [5.74, 6) is -0.922. The van der Waals surface area contributed by atoms with Gasteiger partial charge in [0, 0.05) is 24.3 Å². The summed E-state index contributed by atoms with van der Waals surface area (Å²) >= 11 is 0. The van der Waals surface area contributed by atoms with Crippen LogP contribution in [0.25, 0.3) is 0 Å². The van der Waals surface area contributed by atoms with Gasteiger partial charge in [-0.05, 0) is 38.0 Å². The SMILES string of the molecule is CC(C)C1OC(=O)/C=C/C=C/C=C/C=C\C=C/[C@@H](C)C(O)C[C@@H](O)C[C@@H](O)C[C@H](O)C[C@@H](O)C[C@H](O)C[C@H](O)/C=C/[C@@H]1C. The Morgan fingerprint density at radius 1 is 0.581 bits per heavy atom. The predicted octanol–water partition coefficient (Wildman–Crippen LogP) is 3.04. The van der Waals surface area contributed by atoms with E-state index in [4.69, 9.17) is 4.74 Å². The fourth-order valence-corrected chi connectivity index (χ4v) is 4.91. The van der Waals surface area contributed by atoms with E-state index >= 15 is 0 Å². The lowest BCUT2D eigenvalue weighted by Gasteiger charge is -2.25. The fraction of sp³-hybridized carbons (Fsp3) is 0.618. The van der Waals surface area contributed by atoms with Crippen molar-refractivity contribution in [2.45, 2.75) is 115 Å². The number of hydrogen-bond donors (Lipinski definition) is 7. The minimum absolute atomic E-state index is 0.0164. The third-order valence-corrected chi connectivity index (χ3v) is 7.30. The van der Waals surface area contributed by atoms with Crippen molar-refractivity contribution in [2.75, 3.05) is 0 Å². The molecule has 0 bridgehead atoms. The second-order valence-corrected chi connectivity index (χ2v) is 12.0. The normalized spacial score (nSPS) is 40.0. The van der Waals surface area contributed by atoms with Crippen molar-refractivity contribution in [3.8, 4) is 0 Å². The van der Waals surface area contributed by atoms with Crippen LogP contribution in [0.5, 0.6) is 0 Å². The Morgan fingerprint density at radius 2 is 1.02 bits per heavy atom. The summed E-state index contributed by atoms with van der Waals surface area (Å²) in [4.78, 5) is 12.4. The molecular formula is C34H54O9. The summed E-state index contributed by atoms with van der Waals surface area (Å²) in [6.45, 7) is 7.56. The lowest BCUT2D eigenvalue weighted by atomic mass is 9.93. The average Bonchev–Trinajstić information content (AvgIpc) is 2.89. The quantitative estimate of drug-likeness (QED) is 0.175. The van der Waals surface area contributed by atoms with E-state index in [1.165, 1.54) is 12.2 Å². The zero-order chi connectivity index (χ0) is 32.4. The number of allylic oxidation sites excluding steroid dienone is 8. The minimum atomic E-state index is -1.07. The first-order valence-corrected chi connectivity index (χ1v) is 15.3. The molecular weight excluding hydrogens is 552 g/mol. The number of hydrogen-bond acceptors (Lipinski definition) is 9. The van der Waals surface area contributed by atoms with E-state index < -0.39 is 54.8 Å². The molecule has 0 aliphatic carbocycles. The lowest BCUT2D eigenvalue weighted by Crippen LogP contribution is -2.30. The topological polar surface area (TPSA) is 168 Å². The van der Waals surface area contributed by atoms with Crippen LogP contribution in [0.1, 0.15) is 66.2 Å². The number of aliphatic hydroxyl groups excluding tert-OH is 7. The molecule has 0 radical (unpaired) electrons. The second-order valence-electron chi connectivity index (χ2n) is 12.0. The predicted molar refractivity (Wildman–Crippen MR) is 168 cm³/mol. The van der Waals surface area contributed by atoms with Crippen molar-refractivity contribution in [1.82, 2.24) is 0 Å². The Hall–Kier alpha value is -2.37. The average molecular weight is 607 g/mol. The van der Waals surface area contributed by atoms with Crippen LogP contribution in [0.4, 0.5) is 0 Å². The summed E-state index contributed by atoms with van der Waals surface area (Å²) in [5, 5.41) is 72.4. The van der Waals surface area contributed by atoms with Crippen molar-refractivity contribution in [2.24, 2.45) is 17.8 Å². The monoisotopic (exact) mass is 606 g/mol. The van der Waals surface area contributed by atoms with Crippen molar-refractivity contribution in [3.63, 3.8) is 0 Å². The molecule has 0 aromatic heterocycles. The number of ether oxygens (including phenoxy) is 1. The molecule has 1 aliphatic rings. The molecule has 0 saturated heterocycles. The van der Waals surface area contributed by atoms with Crippen LogP contribution >= 0.6 is 0 Å². The molecule has 0 fully saturated rings. The zero-order valence-electron chi connectivity index (χ0n) is 26.0. The Kier molecular flexibility index (Phi) is 19.2. The van der Waals surface area contributed by atoms with E-state index in [0.717, 1.165) is 0 Å². The molecule has 0 aromatic carbocycles. The van der Waals surface area contributed by atoms with Crippen molar-refractivity contribution >= 4 is 5.97 Å². The first kappa shape index (κ1) is 38.7. The third-order valence-electron chi connectivity index (χ3n) is 7.30. The highest BCUT2D eigenvalue weighted by Gasteiger charge is 2.25. The number of carbonyl (C=O) groups excluding carboxylic acids is 1. The highest BCUT2D eigenvalue weighted by atomic mass is 16.5. The van der Waals surface area contributed by atoms with E-state index in [9.17, 15) is 40.5 Å². The molecule has 2 unspecified atom stereocenters. The Balaban J connectivity index is 2.98. The standard InChI is InChI=1S/C34H54O9/c1-23(2)34-25(4)15-16-26(35)17-27(36)18-28(37)19-29(38)20-30(39)21-31(40)22-32(41)24(3)13-11-9-7-5-6-8-10-12-14-33(42)43-34/h5-16,23-32,34-41H,17-22H2,1-4H3/b6-5+,9-7-,10-8+,13-11-,14-12+,16-15+/t24-,25+,26-,27-,28+,29-,30+,31+,32?,34?/m1/s1. The molecule has 1 rings (SSSR count). The van der Waals surface area contributed by atoms with Crippen LogP contribution in [0.15, 0.2) is 72.9 Å².